The molecule has 3 aliphatic rings. The SMILES string of the molecule is c1ncn(CCN2CCN(C3CCC4(CCNCC4)CC3)CC2)n1. The highest BCUT2D eigenvalue weighted by atomic mass is 15.3. The van der Waals surface area contributed by atoms with Crippen LogP contribution in [0.15, 0.2) is 12.7 Å². The van der Waals surface area contributed by atoms with Gasteiger partial charge in [0.15, 0.2) is 0 Å². The molecule has 0 atom stereocenters. The molecule has 2 saturated heterocycles. The number of piperazine rings is 1. The van der Waals surface area contributed by atoms with Crippen LogP contribution in [0.2, 0.25) is 0 Å². The molecule has 1 aromatic rings. The first-order valence-electron chi connectivity index (χ1n) is 9.83. The summed E-state index contributed by atoms with van der Waals surface area (Å²) in [6.45, 7) is 9.45. The second-order valence-electron chi connectivity index (χ2n) is 8.02. The largest absolute Gasteiger partial charge is 0.317 e. The molecule has 3 heterocycles. The first-order valence-corrected chi connectivity index (χ1v) is 9.83. The smallest absolute Gasteiger partial charge is 0.137 e. The second-order valence-corrected chi connectivity index (χ2v) is 8.02. The predicted molar refractivity (Wildman–Crippen MR) is 94.8 cm³/mol. The van der Waals surface area contributed by atoms with Gasteiger partial charge in [0.25, 0.3) is 0 Å². The summed E-state index contributed by atoms with van der Waals surface area (Å²) in [5.74, 6) is 0. The molecule has 0 bridgehead atoms. The van der Waals surface area contributed by atoms with Crippen LogP contribution in [0.4, 0.5) is 0 Å². The third kappa shape index (κ3) is 3.81. The summed E-state index contributed by atoms with van der Waals surface area (Å²) < 4.78 is 1.94. The van der Waals surface area contributed by atoms with Gasteiger partial charge in [-0.2, -0.15) is 5.10 Å². The van der Waals surface area contributed by atoms with Crippen LogP contribution in [0.3, 0.4) is 0 Å². The molecule has 1 spiro atoms. The zero-order valence-electron chi connectivity index (χ0n) is 14.9. The van der Waals surface area contributed by atoms with E-state index in [1.807, 2.05) is 11.0 Å². The van der Waals surface area contributed by atoms with Gasteiger partial charge in [-0.1, -0.05) is 0 Å². The van der Waals surface area contributed by atoms with Crippen LogP contribution in [0.1, 0.15) is 38.5 Å². The van der Waals surface area contributed by atoms with Crippen LogP contribution < -0.4 is 5.32 Å². The minimum Gasteiger partial charge on any atom is -0.317 e. The fourth-order valence-electron chi connectivity index (χ4n) is 4.98. The van der Waals surface area contributed by atoms with Gasteiger partial charge in [0.05, 0.1) is 6.54 Å². The van der Waals surface area contributed by atoms with Crippen LogP contribution in [0, 0.1) is 5.41 Å². The highest BCUT2D eigenvalue weighted by molar-refractivity contribution is 4.92. The normalized spacial score (nSPS) is 26.8. The lowest BCUT2D eigenvalue weighted by molar-refractivity contribution is 0.0357. The van der Waals surface area contributed by atoms with Gasteiger partial charge >= 0.3 is 0 Å². The first-order chi connectivity index (χ1) is 11.8. The molecule has 1 N–H and O–H groups in total. The topological polar surface area (TPSA) is 49.2 Å². The summed E-state index contributed by atoms with van der Waals surface area (Å²) in [7, 11) is 0. The third-order valence-corrected chi connectivity index (χ3v) is 6.72. The lowest BCUT2D eigenvalue weighted by Crippen LogP contribution is -2.52. The van der Waals surface area contributed by atoms with E-state index in [1.165, 1.54) is 77.8 Å². The molecule has 24 heavy (non-hydrogen) atoms. The summed E-state index contributed by atoms with van der Waals surface area (Å²) in [6, 6.07) is 0.850. The van der Waals surface area contributed by atoms with E-state index in [4.69, 9.17) is 0 Å². The van der Waals surface area contributed by atoms with Gasteiger partial charge in [-0.05, 0) is 57.0 Å². The highest BCUT2D eigenvalue weighted by Crippen LogP contribution is 2.44. The molecule has 1 aliphatic carbocycles. The van der Waals surface area contributed by atoms with E-state index in [9.17, 15) is 0 Å². The molecule has 0 unspecified atom stereocenters. The quantitative estimate of drug-likeness (QED) is 0.898. The molecule has 0 amide bonds. The van der Waals surface area contributed by atoms with Crippen molar-refractivity contribution >= 4 is 0 Å². The van der Waals surface area contributed by atoms with Crippen LogP contribution in [-0.2, 0) is 6.54 Å². The first kappa shape index (κ1) is 16.5. The van der Waals surface area contributed by atoms with E-state index in [0.717, 1.165) is 19.1 Å². The fraction of sp³-hybridized carbons (Fsp3) is 0.889. The van der Waals surface area contributed by atoms with E-state index >= 15 is 0 Å². The van der Waals surface area contributed by atoms with Crippen molar-refractivity contribution < 1.29 is 0 Å². The minimum absolute atomic E-state index is 0.696. The lowest BCUT2D eigenvalue weighted by atomic mass is 9.67. The number of piperidine rings is 1. The van der Waals surface area contributed by atoms with Gasteiger partial charge in [-0.25, -0.2) is 4.98 Å². The Bertz CT molecular complexity index is 478. The number of nitrogens with one attached hydrogen (secondary N) is 1. The molecular formula is C18H32N6. The van der Waals surface area contributed by atoms with Gasteiger partial charge in [0.2, 0.25) is 0 Å². The summed E-state index contributed by atoms with van der Waals surface area (Å²) in [5.41, 5.74) is 0.696. The maximum atomic E-state index is 4.19. The van der Waals surface area contributed by atoms with E-state index in [-0.39, 0.29) is 0 Å². The average molecular weight is 332 g/mol. The average Bonchev–Trinajstić information content (AvgIpc) is 3.16. The van der Waals surface area contributed by atoms with Crippen molar-refractivity contribution in [3.63, 3.8) is 0 Å². The summed E-state index contributed by atoms with van der Waals surface area (Å²) in [5, 5.41) is 7.73. The van der Waals surface area contributed by atoms with Crippen molar-refractivity contribution in [2.24, 2.45) is 5.41 Å². The maximum Gasteiger partial charge on any atom is 0.137 e. The second kappa shape index (κ2) is 7.50. The molecule has 6 heteroatoms. The van der Waals surface area contributed by atoms with Crippen molar-refractivity contribution in [2.45, 2.75) is 51.1 Å². The highest BCUT2D eigenvalue weighted by Gasteiger charge is 2.38. The Morgan fingerprint density at radius 2 is 1.71 bits per heavy atom. The van der Waals surface area contributed by atoms with Gasteiger partial charge in [0.1, 0.15) is 12.7 Å². The van der Waals surface area contributed by atoms with Gasteiger partial charge in [-0.15, -0.1) is 0 Å². The summed E-state index contributed by atoms with van der Waals surface area (Å²) in [4.78, 5) is 9.37. The molecule has 6 nitrogen and oxygen atoms in total. The minimum atomic E-state index is 0.696. The van der Waals surface area contributed by atoms with Crippen molar-refractivity contribution in [1.82, 2.24) is 29.9 Å². The molecule has 0 aromatic carbocycles. The van der Waals surface area contributed by atoms with E-state index < -0.39 is 0 Å². The maximum absolute atomic E-state index is 4.19. The number of hydrogen-bond acceptors (Lipinski definition) is 5. The number of nitrogens with zero attached hydrogens (tertiary/aromatic N) is 5. The number of aromatic nitrogens is 3. The Morgan fingerprint density at radius 1 is 0.958 bits per heavy atom. The Morgan fingerprint density at radius 3 is 2.38 bits per heavy atom. The van der Waals surface area contributed by atoms with Crippen molar-refractivity contribution in [2.75, 3.05) is 45.8 Å². The lowest BCUT2D eigenvalue weighted by Gasteiger charge is -2.47. The van der Waals surface area contributed by atoms with Crippen LogP contribution in [0.5, 0.6) is 0 Å². The summed E-state index contributed by atoms with van der Waals surface area (Å²) >= 11 is 0. The number of rotatable bonds is 4. The van der Waals surface area contributed by atoms with Gasteiger partial charge in [-0.3, -0.25) is 14.5 Å². The molecule has 134 valence electrons. The molecule has 4 rings (SSSR count). The van der Waals surface area contributed by atoms with Crippen LogP contribution in [0.25, 0.3) is 0 Å². The fourth-order valence-corrected chi connectivity index (χ4v) is 4.98. The van der Waals surface area contributed by atoms with E-state index in [1.54, 1.807) is 6.33 Å². The Labute approximate surface area is 145 Å². The van der Waals surface area contributed by atoms with Gasteiger partial charge in [0, 0.05) is 38.8 Å². The van der Waals surface area contributed by atoms with E-state index in [2.05, 4.69) is 25.2 Å². The predicted octanol–water partition coefficient (Wildman–Crippen LogP) is 1.21. The van der Waals surface area contributed by atoms with Crippen molar-refractivity contribution in [3.8, 4) is 0 Å². The monoisotopic (exact) mass is 332 g/mol. The zero-order chi connectivity index (χ0) is 16.2. The van der Waals surface area contributed by atoms with E-state index in [0.29, 0.717) is 5.41 Å². The number of hydrogen-bond donors (Lipinski definition) is 1. The third-order valence-electron chi connectivity index (χ3n) is 6.72. The standard InChI is InChI=1S/C18H32N6/c1-3-18(5-7-19-8-6-18)4-2-17(1)23-12-9-22(10-13-23)11-14-24-16-20-15-21-24/h15-17,19H,1-14H2. The van der Waals surface area contributed by atoms with Crippen LogP contribution in [-0.4, -0.2) is 76.4 Å². The Hall–Kier alpha value is -0.980. The Balaban J connectivity index is 1.19. The van der Waals surface area contributed by atoms with Crippen molar-refractivity contribution in [1.29, 1.82) is 0 Å². The molecule has 1 saturated carbocycles. The molecular weight excluding hydrogens is 300 g/mol. The molecule has 1 aromatic heterocycles. The van der Waals surface area contributed by atoms with Gasteiger partial charge < -0.3 is 5.32 Å². The molecule has 3 fully saturated rings. The summed E-state index contributed by atoms with van der Waals surface area (Å²) in [6.07, 6.45) is 12.0. The zero-order valence-corrected chi connectivity index (χ0v) is 14.9. The molecule has 0 radical (unpaired) electrons. The Kier molecular flexibility index (Phi) is 5.15. The molecule has 2 aliphatic heterocycles. The van der Waals surface area contributed by atoms with Crippen molar-refractivity contribution in [3.05, 3.63) is 12.7 Å². The van der Waals surface area contributed by atoms with Crippen LogP contribution >= 0.6 is 0 Å².